The standard InChI is InChI=1S/C12H18O4S/c1-12(2,15-3)5-6-16-8-9-4-7-17-10(9)11(13)14/h4,7H,5-6,8H2,1-3H3,(H,13,14). The molecule has 1 aromatic heterocycles. The molecule has 0 atom stereocenters. The van der Waals surface area contributed by atoms with E-state index < -0.39 is 5.97 Å². The third-order valence-corrected chi connectivity index (χ3v) is 3.54. The van der Waals surface area contributed by atoms with Crippen LogP contribution in [-0.2, 0) is 16.1 Å². The summed E-state index contributed by atoms with van der Waals surface area (Å²) in [6.07, 6.45) is 0.774. The third-order valence-electron chi connectivity index (χ3n) is 2.60. The van der Waals surface area contributed by atoms with Gasteiger partial charge in [0.1, 0.15) is 4.88 Å². The lowest BCUT2D eigenvalue weighted by Gasteiger charge is -2.22. The van der Waals surface area contributed by atoms with E-state index in [1.54, 1.807) is 18.6 Å². The molecular formula is C12H18O4S. The zero-order valence-corrected chi connectivity index (χ0v) is 11.2. The fourth-order valence-corrected chi connectivity index (χ4v) is 1.99. The maximum Gasteiger partial charge on any atom is 0.346 e. The van der Waals surface area contributed by atoms with Crippen molar-refractivity contribution in [2.45, 2.75) is 32.5 Å². The van der Waals surface area contributed by atoms with Crippen molar-refractivity contribution < 1.29 is 19.4 Å². The fraction of sp³-hybridized carbons (Fsp3) is 0.583. The van der Waals surface area contributed by atoms with E-state index in [9.17, 15) is 4.79 Å². The highest BCUT2D eigenvalue weighted by atomic mass is 32.1. The quantitative estimate of drug-likeness (QED) is 0.764. The normalized spacial score (nSPS) is 11.7. The van der Waals surface area contributed by atoms with Crippen molar-refractivity contribution in [1.82, 2.24) is 0 Å². The highest BCUT2D eigenvalue weighted by molar-refractivity contribution is 7.12. The lowest BCUT2D eigenvalue weighted by atomic mass is 10.1. The van der Waals surface area contributed by atoms with Gasteiger partial charge in [0.15, 0.2) is 0 Å². The molecule has 0 unspecified atom stereocenters. The molecule has 0 amide bonds. The second kappa shape index (κ2) is 6.14. The molecule has 0 aromatic carbocycles. The van der Waals surface area contributed by atoms with Gasteiger partial charge in [0.25, 0.3) is 0 Å². The maximum atomic E-state index is 10.9. The van der Waals surface area contributed by atoms with Crippen molar-refractivity contribution in [3.63, 3.8) is 0 Å². The third kappa shape index (κ3) is 4.46. The second-order valence-corrected chi connectivity index (χ2v) is 5.26. The van der Waals surface area contributed by atoms with Crippen LogP contribution in [0.3, 0.4) is 0 Å². The van der Waals surface area contributed by atoms with Crippen LogP contribution in [0, 0.1) is 0 Å². The fourth-order valence-electron chi connectivity index (χ4n) is 1.24. The van der Waals surface area contributed by atoms with Crippen LogP contribution in [-0.4, -0.2) is 30.4 Å². The molecule has 0 spiro atoms. The first kappa shape index (κ1) is 14.2. The van der Waals surface area contributed by atoms with Crippen molar-refractivity contribution >= 4 is 17.3 Å². The van der Waals surface area contributed by atoms with Crippen LogP contribution in [0.15, 0.2) is 11.4 Å². The van der Waals surface area contributed by atoms with Crippen molar-refractivity contribution in [3.05, 3.63) is 21.9 Å². The van der Waals surface area contributed by atoms with Crippen LogP contribution in [0.25, 0.3) is 0 Å². The van der Waals surface area contributed by atoms with E-state index in [2.05, 4.69) is 0 Å². The summed E-state index contributed by atoms with van der Waals surface area (Å²) in [5, 5.41) is 10.7. The van der Waals surface area contributed by atoms with E-state index in [1.165, 1.54) is 11.3 Å². The number of hydrogen-bond donors (Lipinski definition) is 1. The van der Waals surface area contributed by atoms with Gasteiger partial charge in [0.2, 0.25) is 0 Å². The van der Waals surface area contributed by atoms with Crippen LogP contribution in [0.5, 0.6) is 0 Å². The number of hydrogen-bond acceptors (Lipinski definition) is 4. The molecule has 0 saturated carbocycles. The Morgan fingerprint density at radius 1 is 1.53 bits per heavy atom. The summed E-state index contributed by atoms with van der Waals surface area (Å²) in [6.45, 7) is 4.87. The molecule has 1 N–H and O–H groups in total. The number of thiophene rings is 1. The van der Waals surface area contributed by atoms with Crippen molar-refractivity contribution in [3.8, 4) is 0 Å². The van der Waals surface area contributed by atoms with E-state index in [0.717, 1.165) is 12.0 Å². The Bertz CT molecular complexity index is 370. The van der Waals surface area contributed by atoms with Crippen molar-refractivity contribution in [1.29, 1.82) is 0 Å². The van der Waals surface area contributed by atoms with E-state index >= 15 is 0 Å². The van der Waals surface area contributed by atoms with Gasteiger partial charge in [-0.2, -0.15) is 0 Å². The van der Waals surface area contributed by atoms with Gasteiger partial charge in [0, 0.05) is 19.3 Å². The second-order valence-electron chi connectivity index (χ2n) is 4.35. The first-order valence-electron chi connectivity index (χ1n) is 5.39. The minimum atomic E-state index is -0.893. The van der Waals surface area contributed by atoms with Gasteiger partial charge in [-0.3, -0.25) is 0 Å². The molecular weight excluding hydrogens is 240 g/mol. The molecule has 1 rings (SSSR count). The number of carboxylic acids is 1. The Kier molecular flexibility index (Phi) is 5.11. The number of ether oxygens (including phenoxy) is 2. The monoisotopic (exact) mass is 258 g/mol. The Morgan fingerprint density at radius 3 is 2.82 bits per heavy atom. The molecule has 0 saturated heterocycles. The highest BCUT2D eigenvalue weighted by Gasteiger charge is 2.16. The predicted octanol–water partition coefficient (Wildman–Crippen LogP) is 2.78. The molecule has 0 aliphatic rings. The van der Waals surface area contributed by atoms with Crippen molar-refractivity contribution in [2.75, 3.05) is 13.7 Å². The van der Waals surface area contributed by atoms with Gasteiger partial charge in [-0.05, 0) is 31.7 Å². The number of rotatable bonds is 7. The minimum Gasteiger partial charge on any atom is -0.477 e. The number of carboxylic acid groups (broad SMARTS) is 1. The first-order chi connectivity index (χ1) is 7.96. The molecule has 0 fully saturated rings. The smallest absolute Gasteiger partial charge is 0.346 e. The van der Waals surface area contributed by atoms with Gasteiger partial charge in [-0.15, -0.1) is 11.3 Å². The summed E-state index contributed by atoms with van der Waals surface area (Å²) in [7, 11) is 1.67. The molecule has 96 valence electrons. The van der Waals surface area contributed by atoms with Crippen LogP contribution in [0.4, 0.5) is 0 Å². The van der Waals surface area contributed by atoms with Gasteiger partial charge in [-0.1, -0.05) is 0 Å². The molecule has 4 nitrogen and oxygen atoms in total. The Labute approximate surface area is 105 Å². The van der Waals surface area contributed by atoms with Crippen LogP contribution >= 0.6 is 11.3 Å². The zero-order valence-electron chi connectivity index (χ0n) is 10.4. The lowest BCUT2D eigenvalue weighted by molar-refractivity contribution is -0.0125. The topological polar surface area (TPSA) is 55.8 Å². The average molecular weight is 258 g/mol. The van der Waals surface area contributed by atoms with Crippen LogP contribution in [0.2, 0.25) is 0 Å². The van der Waals surface area contributed by atoms with Gasteiger partial charge in [0.05, 0.1) is 12.2 Å². The number of aromatic carboxylic acids is 1. The maximum absolute atomic E-state index is 10.9. The molecule has 17 heavy (non-hydrogen) atoms. The molecule has 0 aliphatic carbocycles. The summed E-state index contributed by atoms with van der Waals surface area (Å²) in [6, 6.07) is 1.79. The van der Waals surface area contributed by atoms with Gasteiger partial charge >= 0.3 is 5.97 Å². The van der Waals surface area contributed by atoms with Gasteiger partial charge in [-0.25, -0.2) is 4.79 Å². The Morgan fingerprint density at radius 2 is 2.24 bits per heavy atom. The van der Waals surface area contributed by atoms with Crippen LogP contribution in [0.1, 0.15) is 35.5 Å². The summed E-state index contributed by atoms with van der Waals surface area (Å²) < 4.78 is 10.7. The largest absolute Gasteiger partial charge is 0.477 e. The zero-order chi connectivity index (χ0) is 12.9. The number of methoxy groups -OCH3 is 1. The highest BCUT2D eigenvalue weighted by Crippen LogP contribution is 2.18. The molecule has 1 heterocycles. The lowest BCUT2D eigenvalue weighted by Crippen LogP contribution is -2.24. The first-order valence-corrected chi connectivity index (χ1v) is 6.27. The molecule has 0 radical (unpaired) electrons. The van der Waals surface area contributed by atoms with Gasteiger partial charge < -0.3 is 14.6 Å². The summed E-state index contributed by atoms with van der Waals surface area (Å²) in [4.78, 5) is 11.2. The minimum absolute atomic E-state index is 0.204. The molecule has 5 heteroatoms. The van der Waals surface area contributed by atoms with E-state index in [1.807, 2.05) is 13.8 Å². The molecule has 0 aliphatic heterocycles. The summed E-state index contributed by atoms with van der Waals surface area (Å²) in [5.74, 6) is -0.893. The van der Waals surface area contributed by atoms with Crippen molar-refractivity contribution in [2.24, 2.45) is 0 Å². The Balaban J connectivity index is 2.36. The average Bonchev–Trinajstić information content (AvgIpc) is 2.73. The summed E-state index contributed by atoms with van der Waals surface area (Å²) in [5.41, 5.74) is 0.530. The molecule has 0 bridgehead atoms. The SMILES string of the molecule is COC(C)(C)CCOCc1ccsc1C(=O)O. The van der Waals surface area contributed by atoms with E-state index in [0.29, 0.717) is 18.1 Å². The molecule has 1 aromatic rings. The number of carbonyl (C=O) groups is 1. The Hall–Kier alpha value is -0.910. The summed E-state index contributed by atoms with van der Waals surface area (Å²) >= 11 is 1.22. The van der Waals surface area contributed by atoms with Crippen LogP contribution < -0.4 is 0 Å². The van der Waals surface area contributed by atoms with E-state index in [-0.39, 0.29) is 5.60 Å². The van der Waals surface area contributed by atoms with E-state index in [4.69, 9.17) is 14.6 Å². The predicted molar refractivity (Wildman–Crippen MR) is 66.6 cm³/mol.